The van der Waals surface area contributed by atoms with E-state index in [1.807, 2.05) is 44.2 Å². The number of likely N-dealkylation sites (N-methyl/N-ethyl adjacent to an activating group) is 1. The Morgan fingerprint density at radius 2 is 2.19 bits per heavy atom. The van der Waals surface area contributed by atoms with Crippen molar-refractivity contribution in [2.75, 3.05) is 51.8 Å². The molecule has 1 aromatic rings. The van der Waals surface area contributed by atoms with E-state index >= 15 is 0 Å². The number of benzene rings is 1. The molecule has 1 heterocycles. The number of carbonyl (C=O) groups excluding carboxylic acids is 1. The smallest absolute Gasteiger partial charge is 0.238 e. The molecule has 0 radical (unpaired) electrons. The maximum atomic E-state index is 11.9. The Balaban J connectivity index is 1.92. The highest BCUT2D eigenvalue weighted by Crippen LogP contribution is 2.24. The van der Waals surface area contributed by atoms with Gasteiger partial charge in [-0.25, -0.2) is 0 Å². The van der Waals surface area contributed by atoms with E-state index in [0.29, 0.717) is 24.3 Å². The van der Waals surface area contributed by atoms with Gasteiger partial charge in [0.1, 0.15) is 0 Å². The molecule has 0 bridgehead atoms. The van der Waals surface area contributed by atoms with Gasteiger partial charge in [0, 0.05) is 43.4 Å². The molecule has 1 aliphatic heterocycles. The molecule has 1 atom stereocenters. The van der Waals surface area contributed by atoms with Crippen LogP contribution in [0.4, 0.5) is 5.69 Å². The second-order valence-electron chi connectivity index (χ2n) is 7.49. The van der Waals surface area contributed by atoms with Crippen molar-refractivity contribution in [1.82, 2.24) is 15.1 Å². The molecule has 0 aliphatic carbocycles. The van der Waals surface area contributed by atoms with Crippen LogP contribution < -0.4 is 10.6 Å². The SMILES string of the molecule is CN=C(NCc1cccc(NC(=O)CN(C)C)c1)N1CCSC(C(C)C)C1. The maximum Gasteiger partial charge on any atom is 0.238 e. The van der Waals surface area contributed by atoms with Crippen LogP contribution in [0.1, 0.15) is 19.4 Å². The van der Waals surface area contributed by atoms with Crippen LogP contribution in [0.3, 0.4) is 0 Å². The molecule has 0 saturated carbocycles. The van der Waals surface area contributed by atoms with Crippen molar-refractivity contribution in [1.29, 1.82) is 0 Å². The molecule has 2 rings (SSSR count). The molecule has 6 nitrogen and oxygen atoms in total. The molecule has 1 saturated heterocycles. The summed E-state index contributed by atoms with van der Waals surface area (Å²) in [6.07, 6.45) is 0. The summed E-state index contributed by atoms with van der Waals surface area (Å²) in [5.41, 5.74) is 1.94. The van der Waals surface area contributed by atoms with Gasteiger partial charge in [-0.05, 0) is 37.7 Å². The third-order valence-electron chi connectivity index (χ3n) is 4.47. The summed E-state index contributed by atoms with van der Waals surface area (Å²) in [4.78, 5) is 20.6. The first-order valence-corrected chi connectivity index (χ1v) is 10.5. The summed E-state index contributed by atoms with van der Waals surface area (Å²) < 4.78 is 0. The molecular weight excluding hydrogens is 358 g/mol. The molecular formula is C20H33N5OS. The minimum absolute atomic E-state index is 0.00790. The number of thioether (sulfide) groups is 1. The molecule has 1 amide bonds. The molecule has 0 aromatic heterocycles. The van der Waals surface area contributed by atoms with Gasteiger partial charge >= 0.3 is 0 Å². The van der Waals surface area contributed by atoms with Crippen LogP contribution in [-0.2, 0) is 11.3 Å². The molecule has 0 spiro atoms. The van der Waals surface area contributed by atoms with Gasteiger partial charge in [0.25, 0.3) is 0 Å². The van der Waals surface area contributed by atoms with Crippen molar-refractivity contribution >= 4 is 29.3 Å². The Bertz CT molecular complexity index is 647. The number of nitrogens with one attached hydrogen (secondary N) is 2. The lowest BCUT2D eigenvalue weighted by Crippen LogP contribution is -2.48. The second-order valence-corrected chi connectivity index (χ2v) is 8.83. The zero-order chi connectivity index (χ0) is 19.8. The highest BCUT2D eigenvalue weighted by molar-refractivity contribution is 8.00. The van der Waals surface area contributed by atoms with E-state index in [4.69, 9.17) is 0 Å². The summed E-state index contributed by atoms with van der Waals surface area (Å²) in [5.74, 6) is 2.74. The van der Waals surface area contributed by atoms with Crippen LogP contribution >= 0.6 is 11.8 Å². The Labute approximate surface area is 167 Å². The first-order valence-electron chi connectivity index (χ1n) is 9.49. The second kappa shape index (κ2) is 10.6. The average Bonchev–Trinajstić information content (AvgIpc) is 2.62. The van der Waals surface area contributed by atoms with Crippen LogP contribution in [0.2, 0.25) is 0 Å². The van der Waals surface area contributed by atoms with Crippen LogP contribution in [0.5, 0.6) is 0 Å². The van der Waals surface area contributed by atoms with E-state index in [0.717, 1.165) is 36.1 Å². The van der Waals surface area contributed by atoms with E-state index in [9.17, 15) is 4.79 Å². The van der Waals surface area contributed by atoms with E-state index < -0.39 is 0 Å². The number of anilines is 1. The summed E-state index contributed by atoms with van der Waals surface area (Å²) in [7, 11) is 5.61. The van der Waals surface area contributed by atoms with Crippen molar-refractivity contribution in [3.8, 4) is 0 Å². The topological polar surface area (TPSA) is 60.0 Å². The van der Waals surface area contributed by atoms with E-state index in [1.165, 1.54) is 0 Å². The van der Waals surface area contributed by atoms with Gasteiger partial charge in [0.2, 0.25) is 5.91 Å². The van der Waals surface area contributed by atoms with Gasteiger partial charge in [-0.2, -0.15) is 11.8 Å². The van der Waals surface area contributed by atoms with E-state index in [1.54, 1.807) is 0 Å². The van der Waals surface area contributed by atoms with Gasteiger partial charge in [-0.1, -0.05) is 26.0 Å². The van der Waals surface area contributed by atoms with Gasteiger partial charge in [0.05, 0.1) is 6.54 Å². The molecule has 1 aromatic carbocycles. The number of carbonyl (C=O) groups is 1. The monoisotopic (exact) mass is 391 g/mol. The lowest BCUT2D eigenvalue weighted by Gasteiger charge is -2.36. The number of hydrogen-bond donors (Lipinski definition) is 2. The van der Waals surface area contributed by atoms with E-state index in [-0.39, 0.29) is 5.91 Å². The molecule has 1 aliphatic rings. The zero-order valence-electron chi connectivity index (χ0n) is 17.2. The van der Waals surface area contributed by atoms with Crippen molar-refractivity contribution in [3.05, 3.63) is 29.8 Å². The highest BCUT2D eigenvalue weighted by Gasteiger charge is 2.24. The largest absolute Gasteiger partial charge is 0.352 e. The lowest BCUT2D eigenvalue weighted by atomic mass is 10.1. The number of nitrogens with zero attached hydrogens (tertiary/aromatic N) is 3. The first kappa shape index (κ1) is 21.6. The minimum atomic E-state index is -0.00790. The maximum absolute atomic E-state index is 11.9. The number of hydrogen-bond acceptors (Lipinski definition) is 4. The summed E-state index contributed by atoms with van der Waals surface area (Å²) in [6, 6.07) is 7.96. The Kier molecular flexibility index (Phi) is 8.44. The van der Waals surface area contributed by atoms with Gasteiger partial charge in [-0.15, -0.1) is 0 Å². The Morgan fingerprint density at radius 1 is 1.41 bits per heavy atom. The zero-order valence-corrected chi connectivity index (χ0v) is 18.0. The van der Waals surface area contributed by atoms with Crippen molar-refractivity contribution < 1.29 is 4.79 Å². The average molecular weight is 392 g/mol. The Hall–Kier alpha value is -1.73. The molecule has 150 valence electrons. The summed E-state index contributed by atoms with van der Waals surface area (Å²) in [6.45, 7) is 7.68. The molecule has 2 N–H and O–H groups in total. The van der Waals surface area contributed by atoms with Crippen LogP contribution in [-0.4, -0.2) is 73.4 Å². The molecule has 27 heavy (non-hydrogen) atoms. The quantitative estimate of drug-likeness (QED) is 0.576. The van der Waals surface area contributed by atoms with Crippen LogP contribution in [0.25, 0.3) is 0 Å². The third-order valence-corrected chi connectivity index (χ3v) is 6.01. The first-order chi connectivity index (χ1) is 12.9. The van der Waals surface area contributed by atoms with E-state index in [2.05, 4.69) is 52.2 Å². The van der Waals surface area contributed by atoms with Crippen molar-refractivity contribution in [2.45, 2.75) is 25.6 Å². The van der Waals surface area contributed by atoms with Gasteiger partial charge in [0.15, 0.2) is 5.96 Å². The fourth-order valence-electron chi connectivity index (χ4n) is 3.03. The van der Waals surface area contributed by atoms with Crippen LogP contribution in [0.15, 0.2) is 29.3 Å². The standard InChI is InChI=1S/C20H33N5OS/c1-15(2)18-13-25(9-10-27-18)20(21-3)22-12-16-7-6-8-17(11-16)23-19(26)14-24(4)5/h6-8,11,15,18H,9-10,12-14H2,1-5H3,(H,21,22)(H,23,26). The normalized spacial score (nSPS) is 18.1. The number of amides is 1. The molecule has 7 heteroatoms. The predicted molar refractivity (Wildman–Crippen MR) is 116 cm³/mol. The number of aliphatic imine (C=N–C) groups is 1. The molecule has 1 fully saturated rings. The molecule has 1 unspecified atom stereocenters. The Morgan fingerprint density at radius 3 is 2.85 bits per heavy atom. The fourth-order valence-corrected chi connectivity index (χ4v) is 4.33. The summed E-state index contributed by atoms with van der Waals surface area (Å²) >= 11 is 2.06. The fraction of sp³-hybridized carbons (Fsp3) is 0.600. The third kappa shape index (κ3) is 7.07. The lowest BCUT2D eigenvalue weighted by molar-refractivity contribution is -0.116. The highest BCUT2D eigenvalue weighted by atomic mass is 32.2. The minimum Gasteiger partial charge on any atom is -0.352 e. The number of guanidine groups is 1. The number of rotatable bonds is 6. The van der Waals surface area contributed by atoms with Gasteiger partial charge in [-0.3, -0.25) is 9.79 Å². The van der Waals surface area contributed by atoms with Crippen molar-refractivity contribution in [2.24, 2.45) is 10.9 Å². The van der Waals surface area contributed by atoms with Crippen molar-refractivity contribution in [3.63, 3.8) is 0 Å². The summed E-state index contributed by atoms with van der Waals surface area (Å²) in [5, 5.41) is 7.06. The predicted octanol–water partition coefficient (Wildman–Crippen LogP) is 2.34. The van der Waals surface area contributed by atoms with Crippen LogP contribution in [0, 0.1) is 5.92 Å². The van der Waals surface area contributed by atoms with Gasteiger partial charge < -0.3 is 20.4 Å².